The van der Waals surface area contributed by atoms with Crippen molar-refractivity contribution in [2.45, 2.75) is 25.1 Å². The molecule has 0 bridgehead atoms. The smallest absolute Gasteiger partial charge is 0.340 e. The average molecular weight is 394 g/mol. The SMILES string of the molecule is COC(=O)c1ccccc1NC(=O)[C@H]1CCC(=O)N1[C@H]1OC(=O)c2ccccc21. The Kier molecular flexibility index (Phi) is 4.75. The van der Waals surface area contributed by atoms with Gasteiger partial charge in [0, 0.05) is 12.0 Å². The molecule has 0 unspecified atom stereocenters. The number of anilines is 1. The van der Waals surface area contributed by atoms with Gasteiger partial charge in [-0.05, 0) is 24.6 Å². The highest BCUT2D eigenvalue weighted by molar-refractivity contribution is 6.04. The second-order valence-electron chi connectivity index (χ2n) is 6.73. The van der Waals surface area contributed by atoms with E-state index in [0.29, 0.717) is 11.1 Å². The second-order valence-corrected chi connectivity index (χ2v) is 6.73. The van der Waals surface area contributed by atoms with Gasteiger partial charge in [0.05, 0.1) is 23.9 Å². The van der Waals surface area contributed by atoms with Gasteiger partial charge in [0.15, 0.2) is 0 Å². The van der Waals surface area contributed by atoms with Gasteiger partial charge in [-0.15, -0.1) is 0 Å². The first-order chi connectivity index (χ1) is 14.0. The van der Waals surface area contributed by atoms with Gasteiger partial charge >= 0.3 is 11.9 Å². The Labute approximate surface area is 166 Å². The number of hydrogen-bond donors (Lipinski definition) is 1. The molecule has 8 heteroatoms. The number of para-hydroxylation sites is 1. The van der Waals surface area contributed by atoms with Gasteiger partial charge in [-0.1, -0.05) is 30.3 Å². The number of rotatable bonds is 4. The highest BCUT2D eigenvalue weighted by atomic mass is 16.6. The molecule has 29 heavy (non-hydrogen) atoms. The molecule has 0 radical (unpaired) electrons. The van der Waals surface area contributed by atoms with Crippen molar-refractivity contribution < 1.29 is 28.7 Å². The number of nitrogens with zero attached hydrogens (tertiary/aromatic N) is 1. The zero-order chi connectivity index (χ0) is 20.5. The van der Waals surface area contributed by atoms with Gasteiger partial charge in [0.1, 0.15) is 6.04 Å². The van der Waals surface area contributed by atoms with Crippen LogP contribution in [0, 0.1) is 0 Å². The number of methoxy groups -OCH3 is 1. The molecule has 8 nitrogen and oxygen atoms in total. The predicted molar refractivity (Wildman–Crippen MR) is 101 cm³/mol. The van der Waals surface area contributed by atoms with Crippen LogP contribution in [-0.4, -0.2) is 41.8 Å². The van der Waals surface area contributed by atoms with Crippen molar-refractivity contribution in [3.8, 4) is 0 Å². The lowest BCUT2D eigenvalue weighted by Gasteiger charge is -2.29. The summed E-state index contributed by atoms with van der Waals surface area (Å²) in [5.74, 6) is -1.85. The second kappa shape index (κ2) is 7.38. The Morgan fingerprint density at radius 1 is 1.10 bits per heavy atom. The standard InChI is InChI=1S/C21H18N2O6/c1-28-20(26)14-8-4-5-9-15(14)22-18(25)16-10-11-17(24)23(16)19-12-6-2-3-7-13(12)21(27)29-19/h2-9,16,19H,10-11H2,1H3,(H,22,25)/t16-,19+/m1/s1. The Morgan fingerprint density at radius 3 is 2.62 bits per heavy atom. The van der Waals surface area contributed by atoms with E-state index in [4.69, 9.17) is 9.47 Å². The van der Waals surface area contributed by atoms with E-state index in [0.717, 1.165) is 0 Å². The van der Waals surface area contributed by atoms with Gasteiger partial charge in [0.2, 0.25) is 18.0 Å². The van der Waals surface area contributed by atoms with Crippen LogP contribution in [0.3, 0.4) is 0 Å². The number of esters is 2. The van der Waals surface area contributed by atoms with Crippen molar-refractivity contribution in [2.24, 2.45) is 0 Å². The molecule has 2 aromatic rings. The van der Waals surface area contributed by atoms with Crippen LogP contribution in [0.25, 0.3) is 0 Å². The van der Waals surface area contributed by atoms with Crippen LogP contribution < -0.4 is 5.32 Å². The Balaban J connectivity index is 1.61. The number of carbonyl (C=O) groups is 4. The highest BCUT2D eigenvalue weighted by Crippen LogP contribution is 2.38. The molecule has 2 aliphatic rings. The number of fused-ring (bicyclic) bond motifs is 1. The number of ether oxygens (including phenoxy) is 2. The Bertz CT molecular complexity index is 1020. The molecule has 1 saturated heterocycles. The summed E-state index contributed by atoms with van der Waals surface area (Å²) in [6.07, 6.45) is -0.505. The minimum Gasteiger partial charge on any atom is -0.465 e. The molecule has 2 aliphatic heterocycles. The number of nitrogens with one attached hydrogen (secondary N) is 1. The number of amides is 2. The van der Waals surface area contributed by atoms with E-state index in [9.17, 15) is 19.2 Å². The van der Waals surface area contributed by atoms with Gasteiger partial charge in [-0.25, -0.2) is 9.59 Å². The first kappa shape index (κ1) is 18.7. The van der Waals surface area contributed by atoms with Gasteiger partial charge in [-0.3, -0.25) is 14.5 Å². The van der Waals surface area contributed by atoms with Crippen LogP contribution in [0.5, 0.6) is 0 Å². The molecule has 0 saturated carbocycles. The molecule has 2 atom stereocenters. The van der Waals surface area contributed by atoms with Gasteiger partial charge in [-0.2, -0.15) is 0 Å². The quantitative estimate of drug-likeness (QED) is 0.799. The third kappa shape index (κ3) is 3.22. The van der Waals surface area contributed by atoms with E-state index in [1.54, 1.807) is 42.5 Å². The lowest BCUT2D eigenvalue weighted by molar-refractivity contribution is -0.144. The van der Waals surface area contributed by atoms with Crippen LogP contribution >= 0.6 is 0 Å². The van der Waals surface area contributed by atoms with E-state index < -0.39 is 30.1 Å². The molecule has 4 rings (SSSR count). The monoisotopic (exact) mass is 394 g/mol. The van der Waals surface area contributed by atoms with Crippen molar-refractivity contribution in [1.82, 2.24) is 4.90 Å². The van der Waals surface area contributed by atoms with Crippen molar-refractivity contribution in [2.75, 3.05) is 12.4 Å². The van der Waals surface area contributed by atoms with E-state index in [2.05, 4.69) is 5.32 Å². The van der Waals surface area contributed by atoms with E-state index in [-0.39, 0.29) is 30.0 Å². The molecule has 1 fully saturated rings. The number of likely N-dealkylation sites (tertiary alicyclic amines) is 1. The van der Waals surface area contributed by atoms with Crippen LogP contribution in [-0.2, 0) is 19.1 Å². The van der Waals surface area contributed by atoms with Crippen molar-refractivity contribution >= 4 is 29.4 Å². The van der Waals surface area contributed by atoms with Gasteiger partial charge in [0.25, 0.3) is 0 Å². The van der Waals surface area contributed by atoms with E-state index >= 15 is 0 Å². The summed E-state index contributed by atoms with van der Waals surface area (Å²) in [6.45, 7) is 0. The molecular formula is C21H18N2O6. The predicted octanol–water partition coefficient (Wildman–Crippen LogP) is 2.27. The minimum atomic E-state index is -0.944. The molecule has 1 N–H and O–H groups in total. The molecular weight excluding hydrogens is 376 g/mol. The largest absolute Gasteiger partial charge is 0.465 e. The van der Waals surface area contributed by atoms with Crippen molar-refractivity contribution in [1.29, 1.82) is 0 Å². The van der Waals surface area contributed by atoms with Crippen LogP contribution in [0.15, 0.2) is 48.5 Å². The molecule has 0 aliphatic carbocycles. The lowest BCUT2D eigenvalue weighted by Crippen LogP contribution is -2.44. The first-order valence-electron chi connectivity index (χ1n) is 9.10. The summed E-state index contributed by atoms with van der Waals surface area (Å²) < 4.78 is 10.2. The maximum absolute atomic E-state index is 13.0. The number of cyclic esters (lactones) is 1. The Morgan fingerprint density at radius 2 is 1.83 bits per heavy atom. The average Bonchev–Trinajstić information content (AvgIpc) is 3.28. The normalized spacial score (nSPS) is 20.2. The summed E-state index contributed by atoms with van der Waals surface area (Å²) >= 11 is 0. The summed E-state index contributed by atoms with van der Waals surface area (Å²) in [5.41, 5.74) is 1.43. The maximum atomic E-state index is 13.0. The number of benzene rings is 2. The fourth-order valence-electron chi connectivity index (χ4n) is 3.68. The lowest BCUT2D eigenvalue weighted by atomic mass is 10.1. The summed E-state index contributed by atoms with van der Waals surface area (Å²) in [7, 11) is 1.25. The fourth-order valence-corrected chi connectivity index (χ4v) is 3.68. The van der Waals surface area contributed by atoms with Gasteiger partial charge < -0.3 is 14.8 Å². The fraction of sp³-hybridized carbons (Fsp3) is 0.238. The zero-order valence-electron chi connectivity index (χ0n) is 15.6. The summed E-state index contributed by atoms with van der Waals surface area (Å²) in [6, 6.07) is 12.4. The molecule has 2 heterocycles. The highest BCUT2D eigenvalue weighted by Gasteiger charge is 2.46. The zero-order valence-corrected chi connectivity index (χ0v) is 15.6. The number of hydrogen-bond acceptors (Lipinski definition) is 6. The molecule has 2 aromatic carbocycles. The van der Waals surface area contributed by atoms with Crippen LogP contribution in [0.1, 0.15) is 45.3 Å². The molecule has 148 valence electrons. The third-order valence-corrected chi connectivity index (χ3v) is 5.07. The minimum absolute atomic E-state index is 0.160. The van der Waals surface area contributed by atoms with Crippen LogP contribution in [0.4, 0.5) is 5.69 Å². The topological polar surface area (TPSA) is 102 Å². The molecule has 0 aromatic heterocycles. The van der Waals surface area contributed by atoms with E-state index in [1.807, 2.05) is 0 Å². The maximum Gasteiger partial charge on any atom is 0.340 e. The molecule has 0 spiro atoms. The summed E-state index contributed by atoms with van der Waals surface area (Å²) in [5, 5.41) is 2.70. The van der Waals surface area contributed by atoms with Crippen molar-refractivity contribution in [3.05, 3.63) is 65.2 Å². The van der Waals surface area contributed by atoms with Crippen LogP contribution in [0.2, 0.25) is 0 Å². The first-order valence-corrected chi connectivity index (χ1v) is 9.10. The summed E-state index contributed by atoms with van der Waals surface area (Å²) in [4.78, 5) is 50.9. The number of carbonyl (C=O) groups excluding carboxylic acids is 4. The van der Waals surface area contributed by atoms with Crippen molar-refractivity contribution in [3.63, 3.8) is 0 Å². The third-order valence-electron chi connectivity index (χ3n) is 5.07. The Hall–Kier alpha value is -3.68. The molecule has 2 amide bonds. The van der Waals surface area contributed by atoms with E-state index in [1.165, 1.54) is 18.1 Å².